The van der Waals surface area contributed by atoms with Crippen molar-refractivity contribution in [3.8, 4) is 0 Å². The quantitative estimate of drug-likeness (QED) is 0.860. The molecule has 3 aliphatic rings. The Balaban J connectivity index is 1.74. The van der Waals surface area contributed by atoms with Crippen LogP contribution in [-0.4, -0.2) is 37.2 Å². The average molecular weight is 306 g/mol. The summed E-state index contributed by atoms with van der Waals surface area (Å²) in [5, 5.41) is 0. The summed E-state index contributed by atoms with van der Waals surface area (Å²) in [5.74, 6) is 0.274. The highest BCUT2D eigenvalue weighted by Gasteiger charge is 2.45. The van der Waals surface area contributed by atoms with Gasteiger partial charge in [0.1, 0.15) is 0 Å². The standard InChI is InChI=1S/C16H22N2O2S/c17-11-9-12-5-6-13(10-11)18(12)15-7-8-21(19,20)16-4-2-1-3-14(15)16/h1-4,11-13,15H,5-10,17H2. The molecule has 4 rings (SSSR count). The van der Waals surface area contributed by atoms with Crippen LogP contribution in [0.4, 0.5) is 0 Å². The van der Waals surface area contributed by atoms with Gasteiger partial charge in [-0.1, -0.05) is 18.2 Å². The van der Waals surface area contributed by atoms with Crippen LogP contribution >= 0.6 is 0 Å². The van der Waals surface area contributed by atoms with Crippen molar-refractivity contribution in [2.45, 2.75) is 61.2 Å². The predicted octanol–water partition coefficient (Wildman–Crippen LogP) is 1.86. The SMILES string of the molecule is NC1CC2CCC(C1)N2C1CCS(=O)(=O)c2ccccc21. The van der Waals surface area contributed by atoms with Crippen LogP contribution in [0.15, 0.2) is 29.2 Å². The molecule has 3 atom stereocenters. The smallest absolute Gasteiger partial charge is 0.178 e. The van der Waals surface area contributed by atoms with E-state index in [2.05, 4.69) is 4.90 Å². The second-order valence-corrected chi connectivity index (χ2v) is 8.80. The van der Waals surface area contributed by atoms with E-state index >= 15 is 0 Å². The maximum atomic E-state index is 12.3. The average Bonchev–Trinajstić information content (AvgIpc) is 2.72. The maximum absolute atomic E-state index is 12.3. The van der Waals surface area contributed by atoms with E-state index in [4.69, 9.17) is 5.73 Å². The number of hydrogen-bond donors (Lipinski definition) is 1. The van der Waals surface area contributed by atoms with Gasteiger partial charge in [0.15, 0.2) is 9.84 Å². The molecule has 1 aromatic rings. The van der Waals surface area contributed by atoms with E-state index in [1.807, 2.05) is 18.2 Å². The summed E-state index contributed by atoms with van der Waals surface area (Å²) in [6, 6.07) is 9.23. The van der Waals surface area contributed by atoms with E-state index in [1.54, 1.807) is 6.07 Å². The van der Waals surface area contributed by atoms with Gasteiger partial charge in [0.05, 0.1) is 10.6 Å². The Bertz CT molecular complexity index is 644. The van der Waals surface area contributed by atoms with E-state index in [1.165, 1.54) is 12.8 Å². The van der Waals surface area contributed by atoms with Crippen molar-refractivity contribution in [2.75, 3.05) is 5.75 Å². The third kappa shape index (κ3) is 2.14. The minimum absolute atomic E-state index is 0.259. The van der Waals surface area contributed by atoms with Gasteiger partial charge < -0.3 is 5.73 Å². The molecule has 3 heterocycles. The molecule has 3 aliphatic heterocycles. The molecule has 2 N–H and O–H groups in total. The van der Waals surface area contributed by atoms with Gasteiger partial charge in [-0.05, 0) is 43.7 Å². The molecule has 4 nitrogen and oxygen atoms in total. The molecular weight excluding hydrogens is 284 g/mol. The van der Waals surface area contributed by atoms with Crippen LogP contribution < -0.4 is 5.73 Å². The Kier molecular flexibility index (Phi) is 3.14. The first-order valence-corrected chi connectivity index (χ1v) is 9.56. The van der Waals surface area contributed by atoms with Gasteiger partial charge in [-0.25, -0.2) is 8.42 Å². The predicted molar refractivity (Wildman–Crippen MR) is 81.7 cm³/mol. The van der Waals surface area contributed by atoms with Crippen LogP contribution in [0, 0.1) is 0 Å². The van der Waals surface area contributed by atoms with Crippen molar-refractivity contribution in [1.82, 2.24) is 4.90 Å². The minimum Gasteiger partial charge on any atom is -0.328 e. The summed E-state index contributed by atoms with van der Waals surface area (Å²) in [4.78, 5) is 3.15. The molecule has 0 radical (unpaired) electrons. The number of hydrogen-bond acceptors (Lipinski definition) is 4. The molecule has 0 spiro atoms. The van der Waals surface area contributed by atoms with Gasteiger partial charge in [0, 0.05) is 24.2 Å². The first-order valence-electron chi connectivity index (χ1n) is 7.91. The molecule has 114 valence electrons. The molecule has 3 unspecified atom stereocenters. The van der Waals surface area contributed by atoms with E-state index in [9.17, 15) is 8.42 Å². The normalized spacial score (nSPS) is 38.1. The van der Waals surface area contributed by atoms with Crippen molar-refractivity contribution in [3.63, 3.8) is 0 Å². The topological polar surface area (TPSA) is 63.4 Å². The van der Waals surface area contributed by atoms with Crippen molar-refractivity contribution < 1.29 is 8.42 Å². The van der Waals surface area contributed by atoms with Crippen LogP contribution in [0.5, 0.6) is 0 Å². The Morgan fingerprint density at radius 3 is 2.43 bits per heavy atom. The Morgan fingerprint density at radius 1 is 1.05 bits per heavy atom. The summed E-state index contributed by atoms with van der Waals surface area (Å²) in [6.45, 7) is 0. The fourth-order valence-corrected chi connectivity index (χ4v) is 6.25. The minimum atomic E-state index is -3.09. The highest BCUT2D eigenvalue weighted by atomic mass is 32.2. The van der Waals surface area contributed by atoms with Crippen molar-refractivity contribution in [2.24, 2.45) is 5.73 Å². The van der Waals surface area contributed by atoms with Gasteiger partial charge in [0.2, 0.25) is 0 Å². The molecule has 2 bridgehead atoms. The zero-order valence-electron chi connectivity index (χ0n) is 12.1. The van der Waals surface area contributed by atoms with E-state index in [-0.39, 0.29) is 11.8 Å². The summed E-state index contributed by atoms with van der Waals surface area (Å²) < 4.78 is 24.6. The number of piperidine rings is 1. The summed E-state index contributed by atoms with van der Waals surface area (Å²) in [6.07, 6.45) is 5.26. The molecule has 0 aromatic heterocycles. The zero-order chi connectivity index (χ0) is 14.6. The molecule has 21 heavy (non-hydrogen) atoms. The molecule has 1 aromatic carbocycles. The van der Waals surface area contributed by atoms with Crippen LogP contribution in [0.1, 0.15) is 43.7 Å². The van der Waals surface area contributed by atoms with Crippen molar-refractivity contribution in [3.05, 3.63) is 29.8 Å². The molecule has 0 aliphatic carbocycles. The maximum Gasteiger partial charge on any atom is 0.178 e. The molecular formula is C16H22N2O2S. The molecule has 2 fully saturated rings. The molecule has 0 amide bonds. The zero-order valence-corrected chi connectivity index (χ0v) is 12.9. The molecule has 5 heteroatoms. The molecule has 2 saturated heterocycles. The number of sulfone groups is 1. The van der Waals surface area contributed by atoms with Crippen molar-refractivity contribution >= 4 is 9.84 Å². The second kappa shape index (κ2) is 4.80. The lowest BCUT2D eigenvalue weighted by atomic mass is 9.92. The lowest BCUT2D eigenvalue weighted by Gasteiger charge is -2.44. The lowest BCUT2D eigenvalue weighted by Crippen LogP contribution is -2.50. The van der Waals surface area contributed by atoms with Gasteiger partial charge in [-0.15, -0.1) is 0 Å². The highest BCUT2D eigenvalue weighted by molar-refractivity contribution is 7.91. The van der Waals surface area contributed by atoms with Crippen LogP contribution in [0.2, 0.25) is 0 Å². The third-order valence-corrected chi connectivity index (χ3v) is 7.27. The summed E-state index contributed by atoms with van der Waals surface area (Å²) in [5.41, 5.74) is 7.17. The van der Waals surface area contributed by atoms with Crippen LogP contribution in [0.25, 0.3) is 0 Å². The summed E-state index contributed by atoms with van der Waals surface area (Å²) in [7, 11) is -3.09. The number of nitrogens with zero attached hydrogens (tertiary/aromatic N) is 1. The van der Waals surface area contributed by atoms with Gasteiger partial charge in [-0.2, -0.15) is 0 Å². The Hall–Kier alpha value is -0.910. The second-order valence-electron chi connectivity index (χ2n) is 6.72. The van der Waals surface area contributed by atoms with E-state index in [0.717, 1.165) is 24.8 Å². The Labute approximate surface area is 126 Å². The van der Waals surface area contributed by atoms with Gasteiger partial charge in [0.25, 0.3) is 0 Å². The first kappa shape index (κ1) is 13.7. The van der Waals surface area contributed by atoms with Gasteiger partial charge >= 0.3 is 0 Å². The largest absolute Gasteiger partial charge is 0.328 e. The first-order chi connectivity index (χ1) is 10.1. The van der Waals surface area contributed by atoms with Crippen LogP contribution in [0.3, 0.4) is 0 Å². The number of rotatable bonds is 1. The lowest BCUT2D eigenvalue weighted by molar-refractivity contribution is 0.0725. The number of benzene rings is 1. The highest BCUT2D eigenvalue weighted by Crippen LogP contribution is 2.45. The number of fused-ring (bicyclic) bond motifs is 3. The van der Waals surface area contributed by atoms with E-state index in [0.29, 0.717) is 23.0 Å². The fourth-order valence-electron chi connectivity index (χ4n) is 4.65. The van der Waals surface area contributed by atoms with Crippen molar-refractivity contribution in [1.29, 1.82) is 0 Å². The van der Waals surface area contributed by atoms with E-state index < -0.39 is 9.84 Å². The van der Waals surface area contributed by atoms with Crippen LogP contribution in [-0.2, 0) is 9.84 Å². The van der Waals surface area contributed by atoms with Gasteiger partial charge in [-0.3, -0.25) is 4.90 Å². The number of nitrogens with two attached hydrogens (primary N) is 1. The molecule has 0 saturated carbocycles. The Morgan fingerprint density at radius 2 is 1.71 bits per heavy atom. The summed E-state index contributed by atoms with van der Waals surface area (Å²) >= 11 is 0. The monoisotopic (exact) mass is 306 g/mol. The fraction of sp³-hybridized carbons (Fsp3) is 0.625. The third-order valence-electron chi connectivity index (χ3n) is 5.46.